The smallest absolute Gasteiger partial charge is 0.387 e. The minimum atomic E-state index is -2.83. The highest BCUT2D eigenvalue weighted by Gasteiger charge is 2.20. The summed E-state index contributed by atoms with van der Waals surface area (Å²) in [6, 6.07) is 6.95. The number of nitrogens with zero attached hydrogens (tertiary/aromatic N) is 1. The Morgan fingerprint density at radius 3 is 2.85 bits per heavy atom. The van der Waals surface area contributed by atoms with Gasteiger partial charge in [-0.05, 0) is 24.5 Å². The van der Waals surface area contributed by atoms with Crippen LogP contribution >= 0.6 is 11.8 Å². The molecule has 3 nitrogen and oxygen atoms in total. The molecular weight excluding hydrogens is 282 g/mol. The molecular formula is C14H18F2N2OS. The molecule has 0 aliphatic carbocycles. The van der Waals surface area contributed by atoms with E-state index >= 15 is 0 Å². The third-order valence-electron chi connectivity index (χ3n) is 2.80. The summed E-state index contributed by atoms with van der Waals surface area (Å²) in [5.41, 5.74) is 0.518. The first-order valence-corrected chi connectivity index (χ1v) is 7.54. The standard InChI is InChI=1S/C14H18F2N2OS/c1-9(2)7-10-8-20-14(17-10)18-11-5-3-4-6-12(11)19-13(15)16/h3-6,9-10,13H,7-8H2,1-2H3,(H,17,18). The Morgan fingerprint density at radius 1 is 1.40 bits per heavy atom. The van der Waals surface area contributed by atoms with Crippen LogP contribution < -0.4 is 10.1 Å². The van der Waals surface area contributed by atoms with Gasteiger partial charge in [0, 0.05) is 5.75 Å². The van der Waals surface area contributed by atoms with Crippen LogP contribution in [0.5, 0.6) is 5.75 Å². The maximum atomic E-state index is 12.3. The second-order valence-corrected chi connectivity index (χ2v) is 6.04. The number of thioether (sulfide) groups is 1. The number of hydrogen-bond acceptors (Lipinski definition) is 4. The number of halogens is 2. The number of aliphatic imine (C=N–C) groups is 1. The number of nitrogens with one attached hydrogen (secondary N) is 1. The molecule has 0 aromatic heterocycles. The van der Waals surface area contributed by atoms with Crippen LogP contribution in [0, 0.1) is 5.92 Å². The molecule has 0 amide bonds. The van der Waals surface area contributed by atoms with E-state index < -0.39 is 6.61 Å². The number of benzene rings is 1. The molecule has 0 saturated carbocycles. The summed E-state index contributed by atoms with van der Waals surface area (Å²) < 4.78 is 29.2. The monoisotopic (exact) mass is 300 g/mol. The quantitative estimate of drug-likeness (QED) is 0.884. The number of hydrogen-bond donors (Lipinski definition) is 1. The van der Waals surface area contributed by atoms with Crippen molar-refractivity contribution in [1.29, 1.82) is 0 Å². The van der Waals surface area contributed by atoms with E-state index in [0.717, 1.165) is 17.3 Å². The number of para-hydroxylation sites is 2. The van der Waals surface area contributed by atoms with Gasteiger partial charge in [-0.25, -0.2) is 0 Å². The van der Waals surface area contributed by atoms with Crippen LogP contribution in [0.1, 0.15) is 20.3 Å². The fraction of sp³-hybridized carbons (Fsp3) is 0.500. The van der Waals surface area contributed by atoms with Crippen molar-refractivity contribution in [3.63, 3.8) is 0 Å². The number of ether oxygens (including phenoxy) is 1. The average Bonchev–Trinajstić information content (AvgIpc) is 2.77. The topological polar surface area (TPSA) is 33.6 Å². The summed E-state index contributed by atoms with van der Waals surface area (Å²) >= 11 is 1.61. The Kier molecular flexibility index (Phi) is 5.23. The Morgan fingerprint density at radius 2 is 2.15 bits per heavy atom. The van der Waals surface area contributed by atoms with Crippen LogP contribution in [-0.2, 0) is 0 Å². The Hall–Kier alpha value is -1.30. The van der Waals surface area contributed by atoms with Gasteiger partial charge in [-0.2, -0.15) is 8.78 Å². The molecule has 1 aromatic rings. The van der Waals surface area contributed by atoms with Crippen molar-refractivity contribution in [2.45, 2.75) is 32.9 Å². The second kappa shape index (κ2) is 6.92. The maximum absolute atomic E-state index is 12.3. The van der Waals surface area contributed by atoms with Crippen molar-refractivity contribution in [2.24, 2.45) is 10.9 Å². The lowest BCUT2D eigenvalue weighted by Gasteiger charge is -2.11. The van der Waals surface area contributed by atoms with Gasteiger partial charge >= 0.3 is 6.61 Å². The fourth-order valence-corrected chi connectivity index (χ4v) is 3.00. The molecule has 1 atom stereocenters. The first kappa shape index (κ1) is 15.1. The summed E-state index contributed by atoms with van der Waals surface area (Å²) in [5.74, 6) is 1.66. The molecule has 0 bridgehead atoms. The molecule has 1 aliphatic heterocycles. The minimum Gasteiger partial charge on any atom is -0.433 e. The van der Waals surface area contributed by atoms with E-state index in [2.05, 4.69) is 28.9 Å². The second-order valence-electron chi connectivity index (χ2n) is 5.03. The molecule has 0 spiro atoms. The first-order valence-electron chi connectivity index (χ1n) is 6.56. The highest BCUT2D eigenvalue weighted by atomic mass is 32.2. The summed E-state index contributed by atoms with van der Waals surface area (Å²) in [4.78, 5) is 4.57. The predicted octanol–water partition coefficient (Wildman–Crippen LogP) is 4.22. The van der Waals surface area contributed by atoms with Crippen LogP contribution in [0.4, 0.5) is 14.5 Å². The molecule has 1 aromatic carbocycles. The van der Waals surface area contributed by atoms with Crippen molar-refractivity contribution in [3.8, 4) is 5.75 Å². The van der Waals surface area contributed by atoms with Gasteiger partial charge in [-0.15, -0.1) is 0 Å². The number of rotatable bonds is 5. The Bertz CT molecular complexity index is 480. The zero-order chi connectivity index (χ0) is 14.5. The van der Waals surface area contributed by atoms with Crippen LogP contribution in [0.25, 0.3) is 0 Å². The highest BCUT2D eigenvalue weighted by Crippen LogP contribution is 2.29. The van der Waals surface area contributed by atoms with Crippen LogP contribution in [0.15, 0.2) is 29.3 Å². The SMILES string of the molecule is CC(C)CC1CSC(Nc2ccccc2OC(F)F)=N1. The van der Waals surface area contributed by atoms with Gasteiger partial charge in [0.25, 0.3) is 0 Å². The van der Waals surface area contributed by atoms with E-state index in [1.807, 2.05) is 0 Å². The summed E-state index contributed by atoms with van der Waals surface area (Å²) in [6.07, 6.45) is 1.04. The molecule has 1 heterocycles. The molecule has 1 aliphatic rings. The van der Waals surface area contributed by atoms with Gasteiger partial charge in [-0.3, -0.25) is 4.99 Å². The normalized spacial score (nSPS) is 18.5. The number of alkyl halides is 2. The fourth-order valence-electron chi connectivity index (χ4n) is 2.03. The van der Waals surface area contributed by atoms with Crippen molar-refractivity contribution in [3.05, 3.63) is 24.3 Å². The van der Waals surface area contributed by atoms with E-state index in [4.69, 9.17) is 0 Å². The lowest BCUT2D eigenvalue weighted by Crippen LogP contribution is -2.10. The van der Waals surface area contributed by atoms with Gasteiger partial charge in [0.1, 0.15) is 5.75 Å². The van der Waals surface area contributed by atoms with E-state index in [1.165, 1.54) is 6.07 Å². The van der Waals surface area contributed by atoms with Crippen molar-refractivity contribution < 1.29 is 13.5 Å². The van der Waals surface area contributed by atoms with Gasteiger partial charge in [-0.1, -0.05) is 37.7 Å². The number of amidine groups is 1. The van der Waals surface area contributed by atoms with Gasteiger partial charge in [0.15, 0.2) is 5.17 Å². The van der Waals surface area contributed by atoms with Crippen molar-refractivity contribution >= 4 is 22.6 Å². The summed E-state index contributed by atoms with van der Waals surface area (Å²) in [7, 11) is 0. The first-order chi connectivity index (χ1) is 9.54. The lowest BCUT2D eigenvalue weighted by molar-refractivity contribution is -0.0493. The zero-order valence-electron chi connectivity index (χ0n) is 11.5. The number of anilines is 1. The molecule has 0 radical (unpaired) electrons. The van der Waals surface area contributed by atoms with Gasteiger partial charge in [0.05, 0.1) is 11.7 Å². The van der Waals surface area contributed by atoms with E-state index in [9.17, 15) is 8.78 Å². The molecule has 20 heavy (non-hydrogen) atoms. The zero-order valence-corrected chi connectivity index (χ0v) is 12.3. The van der Waals surface area contributed by atoms with Crippen LogP contribution in [0.2, 0.25) is 0 Å². The molecule has 6 heteroatoms. The maximum Gasteiger partial charge on any atom is 0.387 e. The molecule has 110 valence electrons. The third kappa shape index (κ3) is 4.37. The average molecular weight is 300 g/mol. The van der Waals surface area contributed by atoms with Gasteiger partial charge < -0.3 is 10.1 Å². The Labute approximate surface area is 121 Å². The largest absolute Gasteiger partial charge is 0.433 e. The van der Waals surface area contributed by atoms with E-state index in [1.54, 1.807) is 30.0 Å². The highest BCUT2D eigenvalue weighted by molar-refractivity contribution is 8.14. The Balaban J connectivity index is 2.03. The minimum absolute atomic E-state index is 0.137. The third-order valence-corrected chi connectivity index (χ3v) is 3.83. The molecule has 2 rings (SSSR count). The molecule has 1 N–H and O–H groups in total. The predicted molar refractivity (Wildman–Crippen MR) is 79.8 cm³/mol. The molecule has 0 fully saturated rings. The van der Waals surface area contributed by atoms with Gasteiger partial charge in [0.2, 0.25) is 0 Å². The summed E-state index contributed by atoms with van der Waals surface area (Å²) in [5, 5.41) is 3.84. The summed E-state index contributed by atoms with van der Waals surface area (Å²) in [6.45, 7) is 1.50. The lowest BCUT2D eigenvalue weighted by atomic mass is 10.1. The van der Waals surface area contributed by atoms with Crippen LogP contribution in [-0.4, -0.2) is 23.6 Å². The van der Waals surface area contributed by atoms with E-state index in [-0.39, 0.29) is 5.75 Å². The van der Waals surface area contributed by atoms with E-state index in [0.29, 0.717) is 17.6 Å². The molecule has 0 saturated heterocycles. The van der Waals surface area contributed by atoms with Crippen LogP contribution in [0.3, 0.4) is 0 Å². The van der Waals surface area contributed by atoms with Crippen molar-refractivity contribution in [1.82, 2.24) is 0 Å². The molecule has 1 unspecified atom stereocenters. The van der Waals surface area contributed by atoms with Crippen molar-refractivity contribution in [2.75, 3.05) is 11.1 Å².